The fraction of sp³-hybridized carbons (Fsp3) is 0.560. The number of hydrogen-bond acceptors (Lipinski definition) is 7. The van der Waals surface area contributed by atoms with Gasteiger partial charge in [-0.2, -0.15) is 5.10 Å². The van der Waals surface area contributed by atoms with Gasteiger partial charge in [0.15, 0.2) is 5.65 Å². The molecule has 1 saturated heterocycles. The molecular formula is C25H38N6O4S. The van der Waals surface area contributed by atoms with Crippen LogP contribution in [0.5, 0.6) is 0 Å². The lowest BCUT2D eigenvalue weighted by Gasteiger charge is -2.39. The Bertz CT molecular complexity index is 1260. The number of aryl methyl sites for hydroxylation is 1. The highest BCUT2D eigenvalue weighted by Crippen LogP contribution is 2.30. The zero-order valence-corrected chi connectivity index (χ0v) is 22.8. The molecule has 2 aromatic heterocycles. The molecule has 3 rings (SSSR count). The molecule has 3 heterocycles. The first-order valence-electron chi connectivity index (χ1n) is 12.4. The molecule has 1 aliphatic heterocycles. The van der Waals surface area contributed by atoms with Crippen LogP contribution in [0.25, 0.3) is 5.65 Å². The number of nitrogens with zero attached hydrogens (tertiary/aromatic N) is 5. The Morgan fingerprint density at radius 1 is 1.31 bits per heavy atom. The van der Waals surface area contributed by atoms with Crippen molar-refractivity contribution in [3.05, 3.63) is 46.9 Å². The van der Waals surface area contributed by atoms with Gasteiger partial charge < -0.3 is 14.9 Å². The van der Waals surface area contributed by atoms with E-state index in [9.17, 15) is 18.3 Å². The lowest BCUT2D eigenvalue weighted by atomic mass is 10.0. The van der Waals surface area contributed by atoms with E-state index in [4.69, 9.17) is 10.1 Å². The summed E-state index contributed by atoms with van der Waals surface area (Å²) in [6.07, 6.45) is 7.76. The van der Waals surface area contributed by atoms with Gasteiger partial charge in [-0.1, -0.05) is 25.5 Å². The van der Waals surface area contributed by atoms with Gasteiger partial charge in [0.2, 0.25) is 10.0 Å². The first kappa shape index (κ1) is 27.7. The van der Waals surface area contributed by atoms with E-state index >= 15 is 0 Å². The molecule has 1 unspecified atom stereocenters. The van der Waals surface area contributed by atoms with Crippen molar-refractivity contribution in [1.82, 2.24) is 24.2 Å². The van der Waals surface area contributed by atoms with E-state index < -0.39 is 10.0 Å². The number of aliphatic hydroxyl groups is 1. The SMILES string of the molecule is CC=C(NS(C)(=O)=O)C(=CC)C(=O)N(CC)C(CCC)c1cc2nc(N3CC(CO)C3)c(C)cn2n1. The number of amides is 1. The lowest BCUT2D eigenvalue weighted by Crippen LogP contribution is -2.49. The Labute approximate surface area is 213 Å². The number of carbonyl (C=O) groups excluding carboxylic acids is 1. The minimum absolute atomic E-state index is 0.178. The van der Waals surface area contributed by atoms with Gasteiger partial charge in [-0.3, -0.25) is 9.52 Å². The minimum Gasteiger partial charge on any atom is -0.396 e. The third-order valence-electron chi connectivity index (χ3n) is 6.41. The van der Waals surface area contributed by atoms with Crippen LogP contribution in [0.1, 0.15) is 57.8 Å². The van der Waals surface area contributed by atoms with Crippen LogP contribution in [0.4, 0.5) is 5.82 Å². The number of hydrogen-bond donors (Lipinski definition) is 2. The Balaban J connectivity index is 1.96. The highest BCUT2D eigenvalue weighted by Gasteiger charge is 2.31. The number of aromatic nitrogens is 3. The molecule has 11 heteroatoms. The predicted molar refractivity (Wildman–Crippen MR) is 141 cm³/mol. The number of rotatable bonds is 11. The van der Waals surface area contributed by atoms with Crippen LogP contribution < -0.4 is 9.62 Å². The predicted octanol–water partition coefficient (Wildman–Crippen LogP) is 2.56. The van der Waals surface area contributed by atoms with E-state index in [0.717, 1.165) is 42.8 Å². The van der Waals surface area contributed by atoms with Crippen LogP contribution in [-0.2, 0) is 14.8 Å². The van der Waals surface area contributed by atoms with Crippen LogP contribution in [0, 0.1) is 12.8 Å². The molecule has 198 valence electrons. The molecule has 1 aliphatic rings. The Morgan fingerprint density at radius 3 is 2.53 bits per heavy atom. The van der Waals surface area contributed by atoms with Crippen molar-refractivity contribution in [2.45, 2.75) is 53.5 Å². The highest BCUT2D eigenvalue weighted by molar-refractivity contribution is 7.88. The number of nitrogens with one attached hydrogen (secondary N) is 1. The molecule has 1 amide bonds. The molecule has 2 N–H and O–H groups in total. The summed E-state index contributed by atoms with van der Waals surface area (Å²) in [6.45, 7) is 11.5. The van der Waals surface area contributed by atoms with Gasteiger partial charge in [-0.25, -0.2) is 17.9 Å². The lowest BCUT2D eigenvalue weighted by molar-refractivity contribution is -0.129. The van der Waals surface area contributed by atoms with Gasteiger partial charge >= 0.3 is 0 Å². The Hall–Kier alpha value is -2.92. The number of carbonyl (C=O) groups is 1. The van der Waals surface area contributed by atoms with Crippen LogP contribution in [0.3, 0.4) is 0 Å². The molecule has 0 aliphatic carbocycles. The van der Waals surface area contributed by atoms with Gasteiger partial charge in [0.05, 0.1) is 29.3 Å². The molecule has 36 heavy (non-hydrogen) atoms. The molecule has 0 radical (unpaired) electrons. The number of aliphatic hydroxyl groups excluding tert-OH is 1. The van der Waals surface area contributed by atoms with Crippen molar-refractivity contribution < 1.29 is 18.3 Å². The number of allylic oxidation sites excluding steroid dienone is 2. The fourth-order valence-electron chi connectivity index (χ4n) is 4.62. The van der Waals surface area contributed by atoms with Crippen molar-refractivity contribution in [2.24, 2.45) is 5.92 Å². The summed E-state index contributed by atoms with van der Waals surface area (Å²) in [5.41, 5.74) is 2.97. The third kappa shape index (κ3) is 5.89. The van der Waals surface area contributed by atoms with Crippen LogP contribution in [0.2, 0.25) is 0 Å². The van der Waals surface area contributed by atoms with Crippen LogP contribution in [0.15, 0.2) is 35.7 Å². The molecule has 1 atom stereocenters. The summed E-state index contributed by atoms with van der Waals surface area (Å²) in [5.74, 6) is 0.899. The highest BCUT2D eigenvalue weighted by atomic mass is 32.2. The average molecular weight is 519 g/mol. The van der Waals surface area contributed by atoms with Gasteiger partial charge in [0.1, 0.15) is 5.82 Å². The average Bonchev–Trinajstić information content (AvgIpc) is 3.19. The second kappa shape index (κ2) is 11.4. The molecule has 0 bridgehead atoms. The van der Waals surface area contributed by atoms with E-state index in [1.165, 1.54) is 0 Å². The summed E-state index contributed by atoms with van der Waals surface area (Å²) in [6, 6.07) is 1.62. The smallest absolute Gasteiger partial charge is 0.256 e. The summed E-state index contributed by atoms with van der Waals surface area (Å²) < 4.78 is 27.9. The monoisotopic (exact) mass is 518 g/mol. The normalized spacial score (nSPS) is 16.2. The van der Waals surface area contributed by atoms with E-state index in [2.05, 4.69) is 16.5 Å². The Kier molecular flexibility index (Phi) is 8.78. The molecule has 0 spiro atoms. The van der Waals surface area contributed by atoms with Crippen molar-refractivity contribution >= 4 is 27.4 Å². The molecule has 1 fully saturated rings. The summed E-state index contributed by atoms with van der Waals surface area (Å²) in [7, 11) is -3.55. The van der Waals surface area contributed by atoms with Gasteiger partial charge in [0, 0.05) is 50.0 Å². The molecule has 0 saturated carbocycles. The number of anilines is 1. The summed E-state index contributed by atoms with van der Waals surface area (Å²) in [4.78, 5) is 22.4. The maximum atomic E-state index is 13.7. The zero-order valence-electron chi connectivity index (χ0n) is 22.0. The molecule has 0 aromatic carbocycles. The first-order valence-corrected chi connectivity index (χ1v) is 14.3. The zero-order chi connectivity index (χ0) is 26.6. The van der Waals surface area contributed by atoms with Gasteiger partial charge in [-0.15, -0.1) is 0 Å². The number of fused-ring (bicyclic) bond motifs is 1. The quantitative estimate of drug-likeness (QED) is 0.346. The second-order valence-corrected chi connectivity index (χ2v) is 11.0. The summed E-state index contributed by atoms with van der Waals surface area (Å²) >= 11 is 0. The fourth-order valence-corrected chi connectivity index (χ4v) is 5.25. The van der Waals surface area contributed by atoms with Gasteiger partial charge in [-0.05, 0) is 34.1 Å². The third-order valence-corrected chi connectivity index (χ3v) is 7.00. The van der Waals surface area contributed by atoms with Crippen molar-refractivity contribution in [3.63, 3.8) is 0 Å². The first-order chi connectivity index (χ1) is 17.1. The van der Waals surface area contributed by atoms with Crippen LogP contribution >= 0.6 is 0 Å². The van der Waals surface area contributed by atoms with E-state index in [0.29, 0.717) is 24.2 Å². The largest absolute Gasteiger partial charge is 0.396 e. The molecule has 2 aromatic rings. The molecule has 10 nitrogen and oxygen atoms in total. The van der Waals surface area contributed by atoms with Crippen molar-refractivity contribution in [1.29, 1.82) is 0 Å². The second-order valence-electron chi connectivity index (χ2n) is 9.25. The van der Waals surface area contributed by atoms with E-state index in [-0.39, 0.29) is 30.2 Å². The van der Waals surface area contributed by atoms with Crippen LogP contribution in [-0.4, -0.2) is 71.4 Å². The number of likely N-dealkylation sites (N-methyl/N-ethyl adjacent to an activating group) is 1. The standard InChI is InChI=1S/C25H38N6O4S/c1-7-11-22(30(10-4)25(33)19(8-2)20(9-3)28-36(6,34)35)21-12-23-26-24(17(5)13-31(23)27-21)29-14-18(15-29)16-32/h8-9,12-13,18,22,28,32H,7,10-11,14-16H2,1-6H3. The maximum absolute atomic E-state index is 13.7. The van der Waals surface area contributed by atoms with E-state index in [1.807, 2.05) is 26.1 Å². The van der Waals surface area contributed by atoms with Crippen molar-refractivity contribution in [2.75, 3.05) is 37.4 Å². The molecular weight excluding hydrogens is 480 g/mol. The Morgan fingerprint density at radius 2 is 2.00 bits per heavy atom. The topological polar surface area (TPSA) is 120 Å². The van der Waals surface area contributed by atoms with Gasteiger partial charge in [0.25, 0.3) is 5.91 Å². The van der Waals surface area contributed by atoms with Crippen molar-refractivity contribution in [3.8, 4) is 0 Å². The minimum atomic E-state index is -3.55. The number of sulfonamides is 1. The van der Waals surface area contributed by atoms with E-state index in [1.54, 1.807) is 35.4 Å². The summed E-state index contributed by atoms with van der Waals surface area (Å²) in [5, 5.41) is 14.1. The maximum Gasteiger partial charge on any atom is 0.256 e.